The third kappa shape index (κ3) is 5.13. The van der Waals surface area contributed by atoms with Gasteiger partial charge < -0.3 is 10.1 Å². The van der Waals surface area contributed by atoms with Crippen LogP contribution in [0.4, 0.5) is 4.39 Å². The summed E-state index contributed by atoms with van der Waals surface area (Å²) in [4.78, 5) is 36.0. The number of amides is 3. The van der Waals surface area contributed by atoms with Crippen molar-refractivity contribution in [3.8, 4) is 11.5 Å². The monoisotopic (exact) mass is 370 g/mol. The maximum Gasteiger partial charge on any atom is 0.229 e. The summed E-state index contributed by atoms with van der Waals surface area (Å²) in [6.07, 6.45) is 0.544. The minimum absolute atomic E-state index is 0.0865. The van der Waals surface area contributed by atoms with Crippen LogP contribution in [0, 0.1) is 5.82 Å². The number of hydrogen-bond acceptors (Lipinski definition) is 4. The standard InChI is InChI=1S/C20H19FN2O4/c21-15-3-7-17(8-4-15)27-16-5-1-14(2-6-16)13-22-18(24)11-12-23-19(25)9-10-20(23)26/h1-8H,9-13H2,(H,22,24). The smallest absolute Gasteiger partial charge is 0.229 e. The summed E-state index contributed by atoms with van der Waals surface area (Å²) in [5.74, 6) is 0.140. The lowest BCUT2D eigenvalue weighted by molar-refractivity contribution is -0.138. The maximum absolute atomic E-state index is 12.9. The SMILES string of the molecule is O=C(CCN1C(=O)CCC1=O)NCc1ccc(Oc2ccc(F)cc2)cc1. The Morgan fingerprint density at radius 1 is 0.963 bits per heavy atom. The molecule has 2 aromatic rings. The zero-order valence-corrected chi connectivity index (χ0v) is 14.6. The minimum atomic E-state index is -0.327. The molecule has 0 spiro atoms. The van der Waals surface area contributed by atoms with E-state index < -0.39 is 0 Å². The van der Waals surface area contributed by atoms with E-state index in [2.05, 4.69) is 5.32 Å². The molecule has 0 bridgehead atoms. The van der Waals surface area contributed by atoms with Gasteiger partial charge in [0.15, 0.2) is 0 Å². The van der Waals surface area contributed by atoms with Crippen LogP contribution in [0.2, 0.25) is 0 Å². The molecular weight excluding hydrogens is 351 g/mol. The van der Waals surface area contributed by atoms with Crippen molar-refractivity contribution in [1.29, 1.82) is 0 Å². The topological polar surface area (TPSA) is 75.7 Å². The number of likely N-dealkylation sites (tertiary alicyclic amines) is 1. The second-order valence-electron chi connectivity index (χ2n) is 6.17. The van der Waals surface area contributed by atoms with E-state index in [1.807, 2.05) is 12.1 Å². The highest BCUT2D eigenvalue weighted by Crippen LogP contribution is 2.21. The van der Waals surface area contributed by atoms with Crippen LogP contribution in [-0.2, 0) is 20.9 Å². The van der Waals surface area contributed by atoms with Crippen LogP contribution >= 0.6 is 0 Å². The number of carbonyl (C=O) groups excluding carboxylic acids is 3. The predicted octanol–water partition coefficient (Wildman–Crippen LogP) is 2.77. The molecule has 0 radical (unpaired) electrons. The van der Waals surface area contributed by atoms with Gasteiger partial charge in [0.25, 0.3) is 0 Å². The Kier molecular flexibility index (Phi) is 5.80. The van der Waals surface area contributed by atoms with Gasteiger partial charge in [0, 0.05) is 32.4 Å². The lowest BCUT2D eigenvalue weighted by atomic mass is 10.2. The number of ether oxygens (including phenoxy) is 1. The van der Waals surface area contributed by atoms with E-state index in [1.165, 1.54) is 12.1 Å². The van der Waals surface area contributed by atoms with Gasteiger partial charge in [-0.2, -0.15) is 0 Å². The van der Waals surface area contributed by atoms with Crippen molar-refractivity contribution >= 4 is 17.7 Å². The van der Waals surface area contributed by atoms with Crippen molar-refractivity contribution in [2.45, 2.75) is 25.8 Å². The molecule has 1 heterocycles. The third-order valence-electron chi connectivity index (χ3n) is 4.18. The Morgan fingerprint density at radius 2 is 1.52 bits per heavy atom. The van der Waals surface area contributed by atoms with Gasteiger partial charge >= 0.3 is 0 Å². The molecule has 0 atom stereocenters. The van der Waals surface area contributed by atoms with Gasteiger partial charge in [0.2, 0.25) is 17.7 Å². The first-order valence-electron chi connectivity index (χ1n) is 8.63. The number of imide groups is 1. The number of halogens is 1. The lowest BCUT2D eigenvalue weighted by Crippen LogP contribution is -2.34. The molecule has 1 aliphatic heterocycles. The van der Waals surface area contributed by atoms with Crippen molar-refractivity contribution < 1.29 is 23.5 Å². The van der Waals surface area contributed by atoms with Gasteiger partial charge in [-0.25, -0.2) is 4.39 Å². The first kappa shape index (κ1) is 18.6. The van der Waals surface area contributed by atoms with Crippen molar-refractivity contribution in [3.05, 3.63) is 59.9 Å². The van der Waals surface area contributed by atoms with Crippen LogP contribution in [0.3, 0.4) is 0 Å². The number of nitrogens with one attached hydrogen (secondary N) is 1. The molecule has 0 unspecified atom stereocenters. The summed E-state index contributed by atoms with van der Waals surface area (Å²) >= 11 is 0. The Balaban J connectivity index is 1.44. The minimum Gasteiger partial charge on any atom is -0.457 e. The average Bonchev–Trinajstić information content (AvgIpc) is 2.99. The van der Waals surface area contributed by atoms with E-state index in [0.29, 0.717) is 18.0 Å². The largest absolute Gasteiger partial charge is 0.457 e. The molecule has 27 heavy (non-hydrogen) atoms. The van der Waals surface area contributed by atoms with E-state index in [9.17, 15) is 18.8 Å². The molecule has 140 valence electrons. The molecule has 7 heteroatoms. The third-order valence-corrected chi connectivity index (χ3v) is 4.18. The first-order valence-corrected chi connectivity index (χ1v) is 8.63. The van der Waals surface area contributed by atoms with Gasteiger partial charge in [-0.15, -0.1) is 0 Å². The zero-order valence-electron chi connectivity index (χ0n) is 14.6. The van der Waals surface area contributed by atoms with Gasteiger partial charge in [-0.3, -0.25) is 19.3 Å². The summed E-state index contributed by atoms with van der Waals surface area (Å²) in [6, 6.07) is 12.9. The van der Waals surface area contributed by atoms with Gasteiger partial charge in [0.1, 0.15) is 17.3 Å². The van der Waals surface area contributed by atoms with E-state index in [1.54, 1.807) is 24.3 Å². The van der Waals surface area contributed by atoms with Crippen LogP contribution < -0.4 is 10.1 Å². The summed E-state index contributed by atoms with van der Waals surface area (Å²) in [5.41, 5.74) is 0.878. The van der Waals surface area contributed by atoms with Crippen LogP contribution in [0.15, 0.2) is 48.5 Å². The van der Waals surface area contributed by atoms with Crippen LogP contribution in [0.1, 0.15) is 24.8 Å². The number of nitrogens with zero attached hydrogens (tertiary/aromatic N) is 1. The molecule has 1 aliphatic rings. The van der Waals surface area contributed by atoms with Crippen molar-refractivity contribution in [2.24, 2.45) is 0 Å². The Bertz CT molecular complexity index is 818. The highest BCUT2D eigenvalue weighted by molar-refractivity contribution is 6.02. The van der Waals surface area contributed by atoms with Crippen LogP contribution in [-0.4, -0.2) is 29.2 Å². The summed E-state index contributed by atoms with van der Waals surface area (Å²) in [6.45, 7) is 0.450. The molecule has 6 nitrogen and oxygen atoms in total. The van der Waals surface area contributed by atoms with Crippen molar-refractivity contribution in [1.82, 2.24) is 10.2 Å². The van der Waals surface area contributed by atoms with Crippen LogP contribution in [0.25, 0.3) is 0 Å². The maximum atomic E-state index is 12.9. The van der Waals surface area contributed by atoms with Crippen LogP contribution in [0.5, 0.6) is 11.5 Å². The molecule has 1 fully saturated rings. The van der Waals surface area contributed by atoms with Gasteiger partial charge in [-0.05, 0) is 42.0 Å². The van der Waals surface area contributed by atoms with Crippen molar-refractivity contribution in [2.75, 3.05) is 6.54 Å². The highest BCUT2D eigenvalue weighted by atomic mass is 19.1. The molecule has 1 N–H and O–H groups in total. The molecule has 0 aromatic heterocycles. The molecular formula is C20H19FN2O4. The number of benzene rings is 2. The van der Waals surface area contributed by atoms with E-state index >= 15 is 0 Å². The Morgan fingerprint density at radius 3 is 2.11 bits per heavy atom. The lowest BCUT2D eigenvalue weighted by Gasteiger charge is -2.13. The summed E-state index contributed by atoms with van der Waals surface area (Å²) < 4.78 is 18.5. The Labute approximate surface area is 155 Å². The fourth-order valence-corrected chi connectivity index (χ4v) is 2.69. The van der Waals surface area contributed by atoms with Crippen molar-refractivity contribution in [3.63, 3.8) is 0 Å². The molecule has 1 saturated heterocycles. The predicted molar refractivity (Wildman–Crippen MR) is 95.3 cm³/mol. The van der Waals surface area contributed by atoms with E-state index in [-0.39, 0.29) is 49.3 Å². The highest BCUT2D eigenvalue weighted by Gasteiger charge is 2.28. The molecule has 0 saturated carbocycles. The molecule has 3 rings (SSSR count). The molecule has 0 aliphatic carbocycles. The number of carbonyl (C=O) groups is 3. The average molecular weight is 370 g/mol. The second-order valence-corrected chi connectivity index (χ2v) is 6.17. The summed E-state index contributed by atoms with van der Waals surface area (Å²) in [5, 5.41) is 2.76. The Hall–Kier alpha value is -3.22. The zero-order chi connectivity index (χ0) is 19.2. The van der Waals surface area contributed by atoms with E-state index in [4.69, 9.17) is 4.74 Å². The summed E-state index contributed by atoms with van der Waals surface area (Å²) in [7, 11) is 0. The van der Waals surface area contributed by atoms with E-state index in [0.717, 1.165) is 10.5 Å². The quantitative estimate of drug-likeness (QED) is 0.761. The van der Waals surface area contributed by atoms with Gasteiger partial charge in [0.05, 0.1) is 0 Å². The molecule has 3 amide bonds. The second kappa shape index (κ2) is 8.44. The normalized spacial score (nSPS) is 13.7. The molecule has 2 aromatic carbocycles. The fraction of sp³-hybridized carbons (Fsp3) is 0.250. The number of hydrogen-bond donors (Lipinski definition) is 1. The van der Waals surface area contributed by atoms with Gasteiger partial charge in [-0.1, -0.05) is 12.1 Å². The first-order chi connectivity index (χ1) is 13.0. The number of rotatable bonds is 7. The fourth-order valence-electron chi connectivity index (χ4n) is 2.69.